The molecule has 5 heteroatoms. The van der Waals surface area contributed by atoms with E-state index in [4.69, 9.17) is 4.55 Å². The molecule has 92 valence electrons. The topological polar surface area (TPSA) is 71.4 Å². The zero-order valence-electron chi connectivity index (χ0n) is 9.91. The van der Waals surface area contributed by atoms with E-state index in [2.05, 4.69) is 0 Å². The molecule has 4 nitrogen and oxygen atoms in total. The Morgan fingerprint density at radius 3 is 2.12 bits per heavy atom. The largest absolute Gasteiger partial charge is 0.299 e. The van der Waals surface area contributed by atoms with E-state index in [1.807, 2.05) is 20.8 Å². The van der Waals surface area contributed by atoms with E-state index >= 15 is 0 Å². The maximum absolute atomic E-state index is 12.1. The Morgan fingerprint density at radius 2 is 1.81 bits per heavy atom. The molecule has 1 N–H and O–H groups in total. The van der Waals surface area contributed by atoms with Gasteiger partial charge in [0.2, 0.25) is 0 Å². The van der Waals surface area contributed by atoms with Crippen molar-refractivity contribution in [3.8, 4) is 0 Å². The minimum atomic E-state index is -4.10. The molecule has 2 aliphatic carbocycles. The van der Waals surface area contributed by atoms with Gasteiger partial charge in [0.05, 0.1) is 11.2 Å². The molecule has 0 saturated heterocycles. The van der Waals surface area contributed by atoms with Crippen LogP contribution in [0.15, 0.2) is 0 Å². The van der Waals surface area contributed by atoms with Gasteiger partial charge in [-0.25, -0.2) is 0 Å². The van der Waals surface area contributed by atoms with Gasteiger partial charge in [-0.15, -0.1) is 0 Å². The first-order valence-corrected chi connectivity index (χ1v) is 7.14. The summed E-state index contributed by atoms with van der Waals surface area (Å²) in [5.74, 6) is -0.412. The number of carbonyl (C=O) groups excluding carboxylic acids is 1. The highest BCUT2D eigenvalue weighted by molar-refractivity contribution is 7.85. The van der Waals surface area contributed by atoms with Crippen molar-refractivity contribution < 1.29 is 17.8 Å². The molecule has 0 aromatic carbocycles. The quantitative estimate of drug-likeness (QED) is 0.752. The molecular formula is C11H18O4S. The molecule has 2 atom stereocenters. The highest BCUT2D eigenvalue weighted by Gasteiger charge is 2.70. The van der Waals surface area contributed by atoms with Crippen LogP contribution >= 0.6 is 0 Å². The van der Waals surface area contributed by atoms with Crippen LogP contribution in [0.4, 0.5) is 0 Å². The van der Waals surface area contributed by atoms with Crippen LogP contribution in [-0.4, -0.2) is 24.5 Å². The van der Waals surface area contributed by atoms with Crippen LogP contribution in [0.3, 0.4) is 0 Å². The van der Waals surface area contributed by atoms with Gasteiger partial charge >= 0.3 is 0 Å². The molecule has 0 heterocycles. The fourth-order valence-electron chi connectivity index (χ4n) is 3.66. The predicted molar refractivity (Wildman–Crippen MR) is 59.6 cm³/mol. The number of fused-ring (bicyclic) bond motifs is 2. The molecule has 0 unspecified atom stereocenters. The van der Waals surface area contributed by atoms with Crippen LogP contribution in [0, 0.1) is 16.2 Å². The van der Waals surface area contributed by atoms with E-state index in [1.165, 1.54) is 0 Å². The van der Waals surface area contributed by atoms with E-state index < -0.39 is 21.3 Å². The Hall–Kier alpha value is -0.420. The summed E-state index contributed by atoms with van der Waals surface area (Å²) in [6, 6.07) is 0. The van der Waals surface area contributed by atoms with Crippen molar-refractivity contribution in [3.05, 3.63) is 0 Å². The predicted octanol–water partition coefficient (Wildman–Crippen LogP) is 1.66. The number of Topliss-reactive ketones (excluding diaryl/α,β-unsaturated/α-hetero) is 1. The Bertz CT molecular complexity index is 451. The van der Waals surface area contributed by atoms with Crippen LogP contribution in [0.1, 0.15) is 40.0 Å². The minimum Gasteiger partial charge on any atom is -0.299 e. The van der Waals surface area contributed by atoms with Crippen molar-refractivity contribution in [3.63, 3.8) is 0 Å². The number of carbonyl (C=O) groups is 1. The molecule has 0 radical (unpaired) electrons. The van der Waals surface area contributed by atoms with Crippen molar-refractivity contribution in [2.45, 2.75) is 40.0 Å². The van der Waals surface area contributed by atoms with E-state index in [0.29, 0.717) is 12.8 Å². The van der Waals surface area contributed by atoms with Crippen LogP contribution in [0.5, 0.6) is 0 Å². The summed E-state index contributed by atoms with van der Waals surface area (Å²) in [6.07, 6.45) is 1.88. The summed E-state index contributed by atoms with van der Waals surface area (Å²) in [5, 5.41) is 0. The summed E-state index contributed by atoms with van der Waals surface area (Å²) in [5.41, 5.74) is -1.34. The zero-order chi connectivity index (χ0) is 12.4. The molecule has 2 rings (SSSR count). The maximum Gasteiger partial charge on any atom is 0.265 e. The lowest BCUT2D eigenvalue weighted by atomic mass is 9.66. The summed E-state index contributed by atoms with van der Waals surface area (Å²) < 4.78 is 31.3. The lowest BCUT2D eigenvalue weighted by Gasteiger charge is -2.38. The highest BCUT2D eigenvalue weighted by atomic mass is 32.2. The summed E-state index contributed by atoms with van der Waals surface area (Å²) >= 11 is 0. The second kappa shape index (κ2) is 2.88. The van der Waals surface area contributed by atoms with Gasteiger partial charge in [0.25, 0.3) is 10.1 Å². The SMILES string of the molecule is CC1(C)[C@@]2(C)CC[C@]1(CS(=O)(=O)O)C(=O)C2. The van der Waals surface area contributed by atoms with Crippen LogP contribution in [-0.2, 0) is 14.9 Å². The number of rotatable bonds is 2. The first kappa shape index (κ1) is 12.0. The van der Waals surface area contributed by atoms with Gasteiger partial charge in [0.15, 0.2) is 0 Å². The van der Waals surface area contributed by atoms with E-state index in [9.17, 15) is 13.2 Å². The van der Waals surface area contributed by atoms with Gasteiger partial charge in [0, 0.05) is 6.42 Å². The number of ketones is 1. The lowest BCUT2D eigenvalue weighted by molar-refractivity contribution is -0.128. The van der Waals surface area contributed by atoms with Crippen LogP contribution in [0.2, 0.25) is 0 Å². The molecule has 0 aliphatic heterocycles. The zero-order valence-corrected chi connectivity index (χ0v) is 10.7. The average molecular weight is 246 g/mol. The summed E-state index contributed by atoms with van der Waals surface area (Å²) in [6.45, 7) is 5.95. The minimum absolute atomic E-state index is 0.00359. The first-order chi connectivity index (χ1) is 7.04. The Morgan fingerprint density at radius 1 is 1.25 bits per heavy atom. The summed E-state index contributed by atoms with van der Waals surface area (Å²) in [4.78, 5) is 12.1. The van der Waals surface area contributed by atoms with Crippen molar-refractivity contribution in [1.29, 1.82) is 0 Å². The van der Waals surface area contributed by atoms with Gasteiger partial charge < -0.3 is 0 Å². The third-order valence-corrected chi connectivity index (χ3v) is 6.18. The van der Waals surface area contributed by atoms with Crippen molar-refractivity contribution in [1.82, 2.24) is 0 Å². The van der Waals surface area contributed by atoms with Gasteiger partial charge in [-0.1, -0.05) is 20.8 Å². The van der Waals surface area contributed by atoms with Crippen molar-refractivity contribution >= 4 is 15.9 Å². The molecular weight excluding hydrogens is 228 g/mol. The standard InChI is InChI=1S/C11H18O4S/c1-9(2)10(3)4-5-11(9,8(12)6-10)7-16(13,14)15/h4-7H2,1-3H3,(H,13,14,15)/t10-,11-/m0/s1. The molecule has 0 aromatic heterocycles. The average Bonchev–Trinajstić information content (AvgIpc) is 2.30. The number of hydrogen-bond donors (Lipinski definition) is 1. The van der Waals surface area contributed by atoms with Crippen LogP contribution < -0.4 is 0 Å². The number of hydrogen-bond acceptors (Lipinski definition) is 3. The van der Waals surface area contributed by atoms with E-state index in [-0.39, 0.29) is 16.6 Å². The van der Waals surface area contributed by atoms with Crippen molar-refractivity contribution in [2.24, 2.45) is 16.2 Å². The molecule has 0 amide bonds. The fourth-order valence-corrected chi connectivity index (χ4v) is 4.95. The van der Waals surface area contributed by atoms with Gasteiger partial charge in [-0.3, -0.25) is 9.35 Å². The normalized spacial score (nSPS) is 41.6. The molecule has 2 fully saturated rings. The van der Waals surface area contributed by atoms with E-state index in [1.54, 1.807) is 0 Å². The maximum atomic E-state index is 12.1. The van der Waals surface area contributed by atoms with Gasteiger partial charge in [0.1, 0.15) is 5.78 Å². The highest BCUT2D eigenvalue weighted by Crippen LogP contribution is 2.70. The Kier molecular flexibility index (Phi) is 2.17. The smallest absolute Gasteiger partial charge is 0.265 e. The van der Waals surface area contributed by atoms with Gasteiger partial charge in [-0.05, 0) is 23.7 Å². The molecule has 0 spiro atoms. The summed E-state index contributed by atoms with van der Waals surface area (Å²) in [7, 11) is -4.10. The van der Waals surface area contributed by atoms with Crippen LogP contribution in [0.25, 0.3) is 0 Å². The second-order valence-electron chi connectivity index (χ2n) is 6.09. The Labute approximate surface area is 96.2 Å². The molecule has 16 heavy (non-hydrogen) atoms. The first-order valence-electron chi connectivity index (χ1n) is 5.53. The fraction of sp³-hybridized carbons (Fsp3) is 0.909. The third kappa shape index (κ3) is 1.24. The monoisotopic (exact) mass is 246 g/mol. The third-order valence-electron chi connectivity index (χ3n) is 5.32. The molecule has 2 aliphatic rings. The van der Waals surface area contributed by atoms with Gasteiger partial charge in [-0.2, -0.15) is 8.42 Å². The van der Waals surface area contributed by atoms with Crippen molar-refractivity contribution in [2.75, 3.05) is 5.75 Å². The Balaban J connectivity index is 2.52. The molecule has 0 aromatic rings. The second-order valence-corrected chi connectivity index (χ2v) is 7.55. The molecule has 2 saturated carbocycles. The lowest BCUT2D eigenvalue weighted by Crippen LogP contribution is -2.42. The molecule has 2 bridgehead atoms. The van der Waals surface area contributed by atoms with E-state index in [0.717, 1.165) is 6.42 Å².